The Hall–Kier alpha value is -2.69. The number of hydrogen-bond acceptors (Lipinski definition) is 4. The Labute approximate surface area is 115 Å². The molecule has 4 nitrogen and oxygen atoms in total. The Morgan fingerprint density at radius 1 is 1.10 bits per heavy atom. The van der Waals surface area contributed by atoms with Crippen molar-refractivity contribution >= 4 is 5.88 Å². The van der Waals surface area contributed by atoms with Gasteiger partial charge >= 0.3 is 0 Å². The Morgan fingerprint density at radius 2 is 1.85 bits per heavy atom. The smallest absolute Gasteiger partial charge is 0.230 e. The number of aromatic nitrogens is 2. The minimum atomic E-state index is -0.254. The minimum Gasteiger partial charge on any atom is -0.367 e. The van der Waals surface area contributed by atoms with Gasteiger partial charge in [0.15, 0.2) is 0 Å². The fourth-order valence-corrected chi connectivity index (χ4v) is 2.09. The molecule has 0 saturated carbocycles. The lowest BCUT2D eigenvalue weighted by Crippen LogP contribution is -1.89. The summed E-state index contributed by atoms with van der Waals surface area (Å²) in [5.41, 5.74) is 9.31. The van der Waals surface area contributed by atoms with Gasteiger partial charge in [0.05, 0.1) is 5.56 Å². The second-order valence-electron chi connectivity index (χ2n) is 4.47. The zero-order valence-corrected chi connectivity index (χ0v) is 10.8. The van der Waals surface area contributed by atoms with Crippen molar-refractivity contribution < 1.29 is 8.91 Å². The fraction of sp³-hybridized carbons (Fsp3) is 0.0667. The van der Waals surface area contributed by atoms with Crippen LogP contribution in [0.4, 0.5) is 10.3 Å². The quantitative estimate of drug-likeness (QED) is 0.774. The highest BCUT2D eigenvalue weighted by molar-refractivity contribution is 5.86. The van der Waals surface area contributed by atoms with E-state index in [0.29, 0.717) is 16.8 Å². The number of nitrogens with zero attached hydrogens (tertiary/aromatic N) is 2. The number of nitrogens with two attached hydrogens (primary N) is 1. The predicted octanol–water partition coefficient (Wildman–Crippen LogP) is 3.43. The van der Waals surface area contributed by atoms with Crippen molar-refractivity contribution in [1.82, 2.24) is 10.1 Å². The molecule has 0 aliphatic heterocycles. The second-order valence-corrected chi connectivity index (χ2v) is 4.47. The van der Waals surface area contributed by atoms with Crippen LogP contribution >= 0.6 is 0 Å². The van der Waals surface area contributed by atoms with Gasteiger partial charge in [-0.3, -0.25) is 4.98 Å². The van der Waals surface area contributed by atoms with Crippen molar-refractivity contribution in [3.05, 3.63) is 54.1 Å². The third-order valence-corrected chi connectivity index (χ3v) is 3.12. The fourth-order valence-electron chi connectivity index (χ4n) is 2.09. The highest BCUT2D eigenvalue weighted by Crippen LogP contribution is 2.36. The molecule has 2 N–H and O–H groups in total. The summed E-state index contributed by atoms with van der Waals surface area (Å²) in [4.78, 5) is 3.97. The molecule has 0 unspecified atom stereocenters. The molecule has 2 aromatic heterocycles. The average molecular weight is 269 g/mol. The van der Waals surface area contributed by atoms with E-state index >= 15 is 0 Å². The van der Waals surface area contributed by atoms with E-state index in [0.717, 1.165) is 11.1 Å². The lowest BCUT2D eigenvalue weighted by molar-refractivity contribution is 0.439. The van der Waals surface area contributed by atoms with Gasteiger partial charge in [-0.05, 0) is 48.4 Å². The van der Waals surface area contributed by atoms with Gasteiger partial charge in [-0.1, -0.05) is 5.16 Å². The van der Waals surface area contributed by atoms with Crippen LogP contribution < -0.4 is 5.73 Å². The van der Waals surface area contributed by atoms with Crippen molar-refractivity contribution in [2.24, 2.45) is 0 Å². The van der Waals surface area contributed by atoms with Crippen LogP contribution in [0.2, 0.25) is 0 Å². The molecule has 0 spiro atoms. The summed E-state index contributed by atoms with van der Waals surface area (Å²) in [6.07, 6.45) is 3.34. The van der Waals surface area contributed by atoms with E-state index in [2.05, 4.69) is 10.1 Å². The van der Waals surface area contributed by atoms with Gasteiger partial charge in [-0.2, -0.15) is 0 Å². The largest absolute Gasteiger partial charge is 0.367 e. The summed E-state index contributed by atoms with van der Waals surface area (Å²) in [6.45, 7) is 1.70. The molecule has 5 heteroatoms. The zero-order chi connectivity index (χ0) is 14.1. The number of benzene rings is 1. The van der Waals surface area contributed by atoms with E-state index in [1.807, 2.05) is 12.1 Å². The second kappa shape index (κ2) is 4.77. The van der Waals surface area contributed by atoms with Crippen LogP contribution in [0.3, 0.4) is 0 Å². The van der Waals surface area contributed by atoms with Crippen molar-refractivity contribution in [2.75, 3.05) is 5.73 Å². The molecule has 1 aromatic carbocycles. The van der Waals surface area contributed by atoms with Gasteiger partial charge in [-0.15, -0.1) is 0 Å². The normalized spacial score (nSPS) is 10.7. The van der Waals surface area contributed by atoms with Gasteiger partial charge in [0.1, 0.15) is 11.5 Å². The Bertz CT molecular complexity index is 753. The molecular weight excluding hydrogens is 257 g/mol. The Balaban J connectivity index is 2.18. The first-order valence-electron chi connectivity index (χ1n) is 6.09. The van der Waals surface area contributed by atoms with E-state index < -0.39 is 0 Å². The summed E-state index contributed by atoms with van der Waals surface area (Å²) < 4.78 is 18.5. The van der Waals surface area contributed by atoms with Crippen LogP contribution in [-0.2, 0) is 0 Å². The molecule has 100 valence electrons. The molecule has 0 aliphatic carbocycles. The molecule has 3 aromatic rings. The van der Waals surface area contributed by atoms with Crippen LogP contribution in [0.15, 0.2) is 47.2 Å². The molecule has 0 aliphatic rings. The maximum absolute atomic E-state index is 13.4. The topological polar surface area (TPSA) is 64.9 Å². The molecule has 20 heavy (non-hydrogen) atoms. The average Bonchev–Trinajstić information content (AvgIpc) is 2.85. The molecule has 0 fully saturated rings. The lowest BCUT2D eigenvalue weighted by Gasteiger charge is -2.04. The Morgan fingerprint density at radius 3 is 2.55 bits per heavy atom. The number of rotatable bonds is 2. The third kappa shape index (κ3) is 2.03. The van der Waals surface area contributed by atoms with Crippen LogP contribution in [0.1, 0.15) is 5.56 Å². The van der Waals surface area contributed by atoms with E-state index in [-0.39, 0.29) is 11.7 Å². The first-order valence-corrected chi connectivity index (χ1v) is 6.09. The van der Waals surface area contributed by atoms with Crippen molar-refractivity contribution in [3.8, 4) is 22.4 Å². The van der Waals surface area contributed by atoms with Gasteiger partial charge in [0, 0.05) is 18.0 Å². The molecule has 0 saturated heterocycles. The zero-order valence-electron chi connectivity index (χ0n) is 10.8. The minimum absolute atomic E-state index is 0.230. The van der Waals surface area contributed by atoms with Crippen LogP contribution in [0.25, 0.3) is 22.4 Å². The highest BCUT2D eigenvalue weighted by Gasteiger charge is 2.17. The van der Waals surface area contributed by atoms with Crippen molar-refractivity contribution in [1.29, 1.82) is 0 Å². The van der Waals surface area contributed by atoms with Gasteiger partial charge in [0.25, 0.3) is 0 Å². The molecule has 0 atom stereocenters. The standard InChI is InChI=1S/C15H12FN3O/c1-9-8-11(2-3-12(9)16)14-13(15(17)20-19-14)10-4-6-18-7-5-10/h2-8H,17H2,1H3. The van der Waals surface area contributed by atoms with E-state index in [9.17, 15) is 4.39 Å². The predicted molar refractivity (Wildman–Crippen MR) is 74.3 cm³/mol. The maximum Gasteiger partial charge on any atom is 0.230 e. The summed E-state index contributed by atoms with van der Waals surface area (Å²) in [5.74, 6) is -0.0242. The van der Waals surface area contributed by atoms with Crippen molar-refractivity contribution in [3.63, 3.8) is 0 Å². The van der Waals surface area contributed by atoms with E-state index in [4.69, 9.17) is 10.3 Å². The van der Waals surface area contributed by atoms with Crippen molar-refractivity contribution in [2.45, 2.75) is 6.92 Å². The Kier molecular flexibility index (Phi) is 2.95. The maximum atomic E-state index is 13.4. The SMILES string of the molecule is Cc1cc(-c2noc(N)c2-c2ccncc2)ccc1F. The monoisotopic (exact) mass is 269 g/mol. The van der Waals surface area contributed by atoms with E-state index in [1.165, 1.54) is 6.07 Å². The number of nitrogen functional groups attached to an aromatic ring is 1. The summed E-state index contributed by atoms with van der Waals surface area (Å²) in [6, 6.07) is 8.43. The third-order valence-electron chi connectivity index (χ3n) is 3.12. The molecular formula is C15H12FN3O. The lowest BCUT2D eigenvalue weighted by atomic mass is 10.0. The highest BCUT2D eigenvalue weighted by atomic mass is 19.1. The molecule has 0 amide bonds. The molecule has 2 heterocycles. The van der Waals surface area contributed by atoms with Gasteiger partial charge in [0.2, 0.25) is 5.88 Å². The first kappa shape index (κ1) is 12.3. The van der Waals surface area contributed by atoms with E-state index in [1.54, 1.807) is 31.5 Å². The summed E-state index contributed by atoms with van der Waals surface area (Å²) >= 11 is 0. The van der Waals surface area contributed by atoms with Gasteiger partial charge in [-0.25, -0.2) is 4.39 Å². The van der Waals surface area contributed by atoms with Crippen LogP contribution in [0.5, 0.6) is 0 Å². The number of aryl methyl sites for hydroxylation is 1. The number of pyridine rings is 1. The number of anilines is 1. The van der Waals surface area contributed by atoms with Gasteiger partial charge < -0.3 is 10.3 Å². The first-order chi connectivity index (χ1) is 9.66. The summed E-state index contributed by atoms with van der Waals surface area (Å²) in [7, 11) is 0. The molecule has 0 radical (unpaired) electrons. The molecule has 3 rings (SSSR count). The number of hydrogen-bond donors (Lipinski definition) is 1. The molecule has 0 bridgehead atoms. The number of halogens is 1. The summed E-state index contributed by atoms with van der Waals surface area (Å²) in [5, 5.41) is 3.99. The van der Waals surface area contributed by atoms with Crippen LogP contribution in [-0.4, -0.2) is 10.1 Å². The van der Waals surface area contributed by atoms with Crippen LogP contribution in [0, 0.1) is 12.7 Å².